The predicted octanol–water partition coefficient (Wildman–Crippen LogP) is 2.54. The van der Waals surface area contributed by atoms with E-state index < -0.39 is 0 Å². The van der Waals surface area contributed by atoms with Crippen LogP contribution in [0.5, 0.6) is 0 Å². The molecule has 0 amide bonds. The second kappa shape index (κ2) is 2.85. The Hall–Kier alpha value is -0.790. The van der Waals surface area contributed by atoms with Crippen LogP contribution in [0.4, 0.5) is 0 Å². The van der Waals surface area contributed by atoms with Gasteiger partial charge in [-0.05, 0) is 35.7 Å². The van der Waals surface area contributed by atoms with E-state index in [0.717, 1.165) is 12.0 Å². The zero-order valence-electron chi connectivity index (χ0n) is 9.17. The van der Waals surface area contributed by atoms with Gasteiger partial charge in [0.25, 0.3) is 0 Å². The number of esters is 1. The first-order valence-corrected chi connectivity index (χ1v) is 5.29. The maximum atomic E-state index is 10.9. The molecule has 0 aromatic carbocycles. The summed E-state index contributed by atoms with van der Waals surface area (Å²) in [5.74, 6) is 1.09. The summed E-state index contributed by atoms with van der Waals surface area (Å²) in [7, 11) is 0. The number of carbonyl (C=O) groups excluding carboxylic acids is 1. The zero-order valence-corrected chi connectivity index (χ0v) is 9.17. The van der Waals surface area contributed by atoms with Crippen molar-refractivity contribution < 1.29 is 9.53 Å². The van der Waals surface area contributed by atoms with Crippen molar-refractivity contribution >= 4 is 5.97 Å². The molecule has 2 nitrogen and oxygen atoms in total. The average molecular weight is 194 g/mol. The van der Waals surface area contributed by atoms with Gasteiger partial charge < -0.3 is 4.74 Å². The summed E-state index contributed by atoms with van der Waals surface area (Å²) in [6.07, 6.45) is 2.20. The van der Waals surface area contributed by atoms with E-state index in [-0.39, 0.29) is 12.1 Å². The highest BCUT2D eigenvalue weighted by Gasteiger charge is 2.55. The number of ether oxygens (including phenoxy) is 1. The molecule has 0 aliphatic heterocycles. The van der Waals surface area contributed by atoms with Gasteiger partial charge in [-0.3, -0.25) is 4.79 Å². The van der Waals surface area contributed by atoms with Gasteiger partial charge in [-0.1, -0.05) is 20.4 Å². The summed E-state index contributed by atoms with van der Waals surface area (Å²) < 4.78 is 5.26. The molecule has 3 aliphatic carbocycles. The molecule has 0 saturated heterocycles. The lowest BCUT2D eigenvalue weighted by atomic mass is 9.47. The molecule has 0 heterocycles. The Kier molecular flexibility index (Phi) is 1.98. The van der Waals surface area contributed by atoms with Crippen LogP contribution in [0.2, 0.25) is 0 Å². The number of rotatable bonds is 1. The molecular weight excluding hydrogens is 176 g/mol. The standard InChI is InChI=1S/C12H18O2/c1-7-10-5-9(12(10,3)4)6-11(7)14-8(2)13/h9-11H,1,5-6H2,2-4H3/t9-,10+,11-/m1/s1. The molecule has 0 aromatic rings. The minimum atomic E-state index is -0.185. The third kappa shape index (κ3) is 1.20. The molecule has 2 bridgehead atoms. The first-order chi connectivity index (χ1) is 6.43. The summed E-state index contributed by atoms with van der Waals surface area (Å²) in [6, 6.07) is 0. The highest BCUT2D eigenvalue weighted by atomic mass is 16.5. The van der Waals surface area contributed by atoms with Crippen molar-refractivity contribution in [2.45, 2.75) is 39.7 Å². The first kappa shape index (κ1) is 9.75. The lowest BCUT2D eigenvalue weighted by Gasteiger charge is -2.59. The van der Waals surface area contributed by atoms with E-state index in [1.807, 2.05) is 0 Å². The Balaban J connectivity index is 2.08. The lowest BCUT2D eigenvalue weighted by Crippen LogP contribution is -2.54. The molecule has 3 saturated carbocycles. The fourth-order valence-electron chi connectivity index (χ4n) is 3.00. The van der Waals surface area contributed by atoms with Crippen LogP contribution in [0.15, 0.2) is 12.2 Å². The van der Waals surface area contributed by atoms with Crippen molar-refractivity contribution in [1.82, 2.24) is 0 Å². The van der Waals surface area contributed by atoms with Crippen LogP contribution in [0.25, 0.3) is 0 Å². The van der Waals surface area contributed by atoms with Crippen molar-refractivity contribution in [3.05, 3.63) is 12.2 Å². The zero-order chi connectivity index (χ0) is 10.5. The van der Waals surface area contributed by atoms with Gasteiger partial charge in [0.1, 0.15) is 6.10 Å². The van der Waals surface area contributed by atoms with Gasteiger partial charge in [0, 0.05) is 6.92 Å². The molecule has 3 aliphatic rings. The van der Waals surface area contributed by atoms with Crippen molar-refractivity contribution in [3.8, 4) is 0 Å². The molecule has 78 valence electrons. The molecule has 3 fully saturated rings. The average Bonchev–Trinajstić information content (AvgIpc) is 2.06. The summed E-state index contributed by atoms with van der Waals surface area (Å²) in [4.78, 5) is 10.9. The van der Waals surface area contributed by atoms with Gasteiger partial charge >= 0.3 is 5.97 Å². The van der Waals surface area contributed by atoms with E-state index in [4.69, 9.17) is 4.74 Å². The molecular formula is C12H18O2. The van der Waals surface area contributed by atoms with Crippen LogP contribution in [-0.4, -0.2) is 12.1 Å². The molecule has 3 atom stereocenters. The van der Waals surface area contributed by atoms with E-state index in [0.29, 0.717) is 17.3 Å². The van der Waals surface area contributed by atoms with Gasteiger partial charge in [0.2, 0.25) is 0 Å². The summed E-state index contributed by atoms with van der Waals surface area (Å²) in [5, 5.41) is 0. The highest BCUT2D eigenvalue weighted by Crippen LogP contribution is 2.61. The van der Waals surface area contributed by atoms with E-state index in [1.165, 1.54) is 13.3 Å². The predicted molar refractivity (Wildman–Crippen MR) is 54.7 cm³/mol. The van der Waals surface area contributed by atoms with Crippen LogP contribution in [0.3, 0.4) is 0 Å². The SMILES string of the molecule is C=C1[C@H](OC(C)=O)C[C@H]2C[C@@H]1C2(C)C. The smallest absolute Gasteiger partial charge is 0.303 e. The molecule has 0 spiro atoms. The number of hydrogen-bond acceptors (Lipinski definition) is 2. The Morgan fingerprint density at radius 3 is 2.57 bits per heavy atom. The Morgan fingerprint density at radius 1 is 1.50 bits per heavy atom. The second-order valence-corrected chi connectivity index (χ2v) is 5.22. The minimum Gasteiger partial charge on any atom is -0.458 e. The van der Waals surface area contributed by atoms with Crippen LogP contribution in [0.1, 0.15) is 33.6 Å². The van der Waals surface area contributed by atoms with Crippen molar-refractivity contribution in [2.24, 2.45) is 17.3 Å². The Bertz CT molecular complexity index is 291. The van der Waals surface area contributed by atoms with E-state index in [2.05, 4.69) is 20.4 Å². The van der Waals surface area contributed by atoms with E-state index in [9.17, 15) is 4.79 Å². The minimum absolute atomic E-state index is 0.00993. The largest absolute Gasteiger partial charge is 0.458 e. The number of fused-ring (bicyclic) bond motifs is 2. The van der Waals surface area contributed by atoms with Crippen molar-refractivity contribution in [3.63, 3.8) is 0 Å². The van der Waals surface area contributed by atoms with Crippen LogP contribution in [0, 0.1) is 17.3 Å². The fraction of sp³-hybridized carbons (Fsp3) is 0.750. The summed E-state index contributed by atoms with van der Waals surface area (Å²) in [6.45, 7) is 10.1. The second-order valence-electron chi connectivity index (χ2n) is 5.22. The third-order valence-electron chi connectivity index (χ3n) is 4.14. The summed E-state index contributed by atoms with van der Waals surface area (Å²) in [5.41, 5.74) is 1.51. The van der Waals surface area contributed by atoms with Crippen LogP contribution < -0.4 is 0 Å². The van der Waals surface area contributed by atoms with Gasteiger partial charge in [0.15, 0.2) is 0 Å². The van der Waals surface area contributed by atoms with Gasteiger partial charge in [0.05, 0.1) is 0 Å². The van der Waals surface area contributed by atoms with E-state index >= 15 is 0 Å². The molecule has 2 heteroatoms. The van der Waals surface area contributed by atoms with Gasteiger partial charge in [-0.25, -0.2) is 0 Å². The lowest BCUT2D eigenvalue weighted by molar-refractivity contribution is -0.153. The molecule has 3 rings (SSSR count). The normalized spacial score (nSPS) is 38.8. The third-order valence-corrected chi connectivity index (χ3v) is 4.14. The quantitative estimate of drug-likeness (QED) is 0.473. The molecule has 0 aromatic heterocycles. The van der Waals surface area contributed by atoms with Crippen LogP contribution >= 0.6 is 0 Å². The van der Waals surface area contributed by atoms with Gasteiger partial charge in [-0.2, -0.15) is 0 Å². The first-order valence-electron chi connectivity index (χ1n) is 5.29. The maximum Gasteiger partial charge on any atom is 0.303 e. The monoisotopic (exact) mass is 194 g/mol. The van der Waals surface area contributed by atoms with Crippen LogP contribution in [-0.2, 0) is 9.53 Å². The fourth-order valence-corrected chi connectivity index (χ4v) is 3.00. The Labute approximate surface area is 85.3 Å². The number of carbonyl (C=O) groups is 1. The summed E-state index contributed by atoms with van der Waals surface area (Å²) >= 11 is 0. The van der Waals surface area contributed by atoms with Gasteiger partial charge in [-0.15, -0.1) is 0 Å². The molecule has 0 N–H and O–H groups in total. The molecule has 0 radical (unpaired) electrons. The van der Waals surface area contributed by atoms with Crippen molar-refractivity contribution in [2.75, 3.05) is 0 Å². The maximum absolute atomic E-state index is 10.9. The Morgan fingerprint density at radius 2 is 2.14 bits per heavy atom. The highest BCUT2D eigenvalue weighted by molar-refractivity contribution is 5.66. The topological polar surface area (TPSA) is 26.3 Å². The molecule has 0 unspecified atom stereocenters. The van der Waals surface area contributed by atoms with E-state index in [1.54, 1.807) is 0 Å². The number of hydrogen-bond donors (Lipinski definition) is 0. The van der Waals surface area contributed by atoms with Crippen molar-refractivity contribution in [1.29, 1.82) is 0 Å². The molecule has 14 heavy (non-hydrogen) atoms.